The molecule has 20 heavy (non-hydrogen) atoms. The van der Waals surface area contributed by atoms with Gasteiger partial charge < -0.3 is 10.4 Å². The minimum atomic E-state index is -0.956. The highest BCUT2D eigenvalue weighted by atomic mass is 35.5. The number of carboxylic acids is 1. The summed E-state index contributed by atoms with van der Waals surface area (Å²) in [6.07, 6.45) is 2.20. The Labute approximate surface area is 122 Å². The van der Waals surface area contributed by atoms with Gasteiger partial charge in [0.05, 0.1) is 17.6 Å². The van der Waals surface area contributed by atoms with Crippen molar-refractivity contribution in [1.82, 2.24) is 9.88 Å². The smallest absolute Gasteiger partial charge is 0.317 e. The van der Waals surface area contributed by atoms with Crippen LogP contribution in [0.1, 0.15) is 20.3 Å². The third-order valence-electron chi connectivity index (χ3n) is 2.75. The predicted octanol–water partition coefficient (Wildman–Crippen LogP) is 1.86. The molecule has 6 nitrogen and oxygen atoms in total. The Morgan fingerprint density at radius 3 is 2.70 bits per heavy atom. The summed E-state index contributed by atoms with van der Waals surface area (Å²) in [4.78, 5) is 28.5. The number of anilines is 1. The summed E-state index contributed by atoms with van der Waals surface area (Å²) in [5.41, 5.74) is 0. The Morgan fingerprint density at radius 1 is 1.50 bits per heavy atom. The monoisotopic (exact) mass is 299 g/mol. The van der Waals surface area contributed by atoms with Crippen molar-refractivity contribution in [3.8, 4) is 0 Å². The molecule has 1 amide bonds. The lowest BCUT2D eigenvalue weighted by molar-refractivity contribution is -0.139. The quantitative estimate of drug-likeness (QED) is 0.803. The van der Waals surface area contributed by atoms with Crippen molar-refractivity contribution < 1.29 is 14.7 Å². The van der Waals surface area contributed by atoms with E-state index in [1.54, 1.807) is 24.0 Å². The molecule has 1 aromatic rings. The summed E-state index contributed by atoms with van der Waals surface area (Å²) in [5.74, 6) is -0.865. The highest BCUT2D eigenvalue weighted by Gasteiger charge is 2.22. The van der Waals surface area contributed by atoms with Gasteiger partial charge in [0, 0.05) is 6.20 Å². The molecule has 0 fully saturated rings. The number of halogens is 1. The largest absolute Gasteiger partial charge is 0.480 e. The Morgan fingerprint density at radius 2 is 2.20 bits per heavy atom. The average Bonchev–Trinajstić information content (AvgIpc) is 2.39. The first kappa shape index (κ1) is 16.4. The highest BCUT2D eigenvalue weighted by Crippen LogP contribution is 2.11. The van der Waals surface area contributed by atoms with Crippen molar-refractivity contribution in [2.24, 2.45) is 0 Å². The zero-order chi connectivity index (χ0) is 15.1. The van der Waals surface area contributed by atoms with E-state index in [0.717, 1.165) is 6.42 Å². The maximum Gasteiger partial charge on any atom is 0.317 e. The Kier molecular flexibility index (Phi) is 6.41. The summed E-state index contributed by atoms with van der Waals surface area (Å²) in [7, 11) is 0. The molecule has 1 atom stereocenters. The summed E-state index contributed by atoms with van der Waals surface area (Å²) in [6.45, 7) is 3.97. The van der Waals surface area contributed by atoms with Gasteiger partial charge in [-0.25, -0.2) is 4.98 Å². The van der Waals surface area contributed by atoms with Crippen LogP contribution in [0.25, 0.3) is 0 Å². The van der Waals surface area contributed by atoms with Crippen molar-refractivity contribution >= 4 is 29.3 Å². The first-order chi connectivity index (χ1) is 9.43. The number of carbonyl (C=O) groups excluding carboxylic acids is 1. The van der Waals surface area contributed by atoms with Crippen LogP contribution < -0.4 is 5.32 Å². The fourth-order valence-electron chi connectivity index (χ4n) is 1.72. The first-order valence-corrected chi connectivity index (χ1v) is 6.70. The van der Waals surface area contributed by atoms with Gasteiger partial charge in [-0.3, -0.25) is 14.5 Å². The second-order valence-corrected chi connectivity index (χ2v) is 4.83. The van der Waals surface area contributed by atoms with E-state index < -0.39 is 12.0 Å². The van der Waals surface area contributed by atoms with Gasteiger partial charge in [-0.2, -0.15) is 0 Å². The molecule has 0 aliphatic heterocycles. The molecule has 0 aliphatic rings. The fraction of sp³-hybridized carbons (Fsp3) is 0.462. The number of hydrogen-bond acceptors (Lipinski definition) is 4. The zero-order valence-corrected chi connectivity index (χ0v) is 12.2. The third kappa shape index (κ3) is 5.14. The molecule has 1 unspecified atom stereocenters. The first-order valence-electron chi connectivity index (χ1n) is 6.32. The number of nitrogens with one attached hydrogen (secondary N) is 1. The number of rotatable bonds is 7. The van der Waals surface area contributed by atoms with Crippen LogP contribution in [0.3, 0.4) is 0 Å². The Hall–Kier alpha value is -1.66. The van der Waals surface area contributed by atoms with Crippen LogP contribution in [0.15, 0.2) is 18.3 Å². The molecule has 0 radical (unpaired) electrons. The molecular weight excluding hydrogens is 282 g/mol. The van der Waals surface area contributed by atoms with Gasteiger partial charge >= 0.3 is 5.97 Å². The minimum absolute atomic E-state index is 0.170. The molecule has 0 saturated carbocycles. The van der Waals surface area contributed by atoms with E-state index in [4.69, 9.17) is 16.7 Å². The summed E-state index contributed by atoms with van der Waals surface area (Å²) >= 11 is 5.71. The molecule has 1 heterocycles. The standard InChI is InChI=1S/C13H18ClN3O3/c1-3-6-17(8-12(18)19)9(2)13(20)16-11-5-4-10(14)7-15-11/h4-5,7,9H,3,6,8H2,1-2H3,(H,18,19)(H,15,16,20). The number of nitrogens with zero attached hydrogens (tertiary/aromatic N) is 2. The second kappa shape index (κ2) is 7.81. The molecule has 1 aromatic heterocycles. The van der Waals surface area contributed by atoms with Gasteiger partial charge in [-0.1, -0.05) is 18.5 Å². The van der Waals surface area contributed by atoms with Gasteiger partial charge in [-0.05, 0) is 32.0 Å². The van der Waals surface area contributed by atoms with Gasteiger partial charge in [0.1, 0.15) is 5.82 Å². The fourth-order valence-corrected chi connectivity index (χ4v) is 1.83. The zero-order valence-electron chi connectivity index (χ0n) is 11.5. The summed E-state index contributed by atoms with van der Waals surface area (Å²) < 4.78 is 0. The molecule has 0 bridgehead atoms. The van der Waals surface area contributed by atoms with Crippen LogP contribution in [0.2, 0.25) is 5.02 Å². The summed E-state index contributed by atoms with van der Waals surface area (Å²) in [5, 5.41) is 12.0. The second-order valence-electron chi connectivity index (χ2n) is 4.39. The highest BCUT2D eigenvalue weighted by molar-refractivity contribution is 6.30. The number of aliphatic carboxylic acids is 1. The molecular formula is C13H18ClN3O3. The molecule has 2 N–H and O–H groups in total. The maximum absolute atomic E-state index is 12.1. The lowest BCUT2D eigenvalue weighted by Crippen LogP contribution is -2.45. The van der Waals surface area contributed by atoms with E-state index in [1.165, 1.54) is 6.20 Å². The number of hydrogen-bond donors (Lipinski definition) is 2. The van der Waals surface area contributed by atoms with Crippen LogP contribution in [0.5, 0.6) is 0 Å². The molecule has 110 valence electrons. The number of amides is 1. The third-order valence-corrected chi connectivity index (χ3v) is 2.98. The van der Waals surface area contributed by atoms with E-state index in [1.807, 2.05) is 6.92 Å². The molecule has 0 spiro atoms. The van der Waals surface area contributed by atoms with E-state index in [0.29, 0.717) is 17.4 Å². The van der Waals surface area contributed by atoms with Crippen molar-refractivity contribution in [3.05, 3.63) is 23.4 Å². The van der Waals surface area contributed by atoms with Crippen molar-refractivity contribution in [3.63, 3.8) is 0 Å². The minimum Gasteiger partial charge on any atom is -0.480 e. The topological polar surface area (TPSA) is 82.5 Å². The van der Waals surface area contributed by atoms with E-state index in [2.05, 4.69) is 10.3 Å². The molecule has 1 rings (SSSR count). The Bertz CT molecular complexity index is 464. The van der Waals surface area contributed by atoms with Crippen LogP contribution in [0, 0.1) is 0 Å². The van der Waals surface area contributed by atoms with Crippen LogP contribution in [0.4, 0.5) is 5.82 Å². The van der Waals surface area contributed by atoms with E-state index in [9.17, 15) is 9.59 Å². The van der Waals surface area contributed by atoms with Crippen molar-refractivity contribution in [2.45, 2.75) is 26.3 Å². The van der Waals surface area contributed by atoms with Gasteiger partial charge in [0.15, 0.2) is 0 Å². The van der Waals surface area contributed by atoms with E-state index in [-0.39, 0.29) is 12.5 Å². The normalized spacial score (nSPS) is 12.2. The molecule has 0 aromatic carbocycles. The van der Waals surface area contributed by atoms with Crippen molar-refractivity contribution in [2.75, 3.05) is 18.4 Å². The number of carboxylic acid groups (broad SMARTS) is 1. The van der Waals surface area contributed by atoms with Crippen LogP contribution in [-0.4, -0.2) is 46.0 Å². The summed E-state index contributed by atoms with van der Waals surface area (Å²) in [6, 6.07) is 2.66. The lowest BCUT2D eigenvalue weighted by Gasteiger charge is -2.25. The van der Waals surface area contributed by atoms with Crippen LogP contribution >= 0.6 is 11.6 Å². The molecule has 0 saturated heterocycles. The SMILES string of the molecule is CCCN(CC(=O)O)C(C)C(=O)Nc1ccc(Cl)cn1. The number of aromatic nitrogens is 1. The van der Waals surface area contributed by atoms with Crippen molar-refractivity contribution in [1.29, 1.82) is 0 Å². The molecule has 7 heteroatoms. The number of carbonyl (C=O) groups is 2. The van der Waals surface area contributed by atoms with E-state index >= 15 is 0 Å². The lowest BCUT2D eigenvalue weighted by atomic mass is 10.2. The Balaban J connectivity index is 2.67. The van der Waals surface area contributed by atoms with Crippen LogP contribution in [-0.2, 0) is 9.59 Å². The van der Waals surface area contributed by atoms with Gasteiger partial charge in [0.25, 0.3) is 0 Å². The average molecular weight is 300 g/mol. The van der Waals surface area contributed by atoms with Gasteiger partial charge in [0.2, 0.25) is 5.91 Å². The maximum atomic E-state index is 12.1. The predicted molar refractivity (Wildman–Crippen MR) is 76.8 cm³/mol. The molecule has 0 aliphatic carbocycles. The van der Waals surface area contributed by atoms with Gasteiger partial charge in [-0.15, -0.1) is 0 Å². The number of pyridine rings is 1.